The number of rotatable bonds is 7. The summed E-state index contributed by atoms with van der Waals surface area (Å²) in [6.07, 6.45) is 3.56. The zero-order chi connectivity index (χ0) is 14.7. The van der Waals surface area contributed by atoms with E-state index in [9.17, 15) is 9.59 Å². The van der Waals surface area contributed by atoms with Crippen molar-refractivity contribution in [1.82, 2.24) is 20.6 Å². The average molecular weight is 306 g/mol. The molecule has 0 atom stereocenters. The van der Waals surface area contributed by atoms with E-state index in [1.807, 2.05) is 11.4 Å². The average Bonchev–Trinajstić information content (AvgIpc) is 3.12. The lowest BCUT2D eigenvalue weighted by Crippen LogP contribution is -2.26. The van der Waals surface area contributed by atoms with Crippen LogP contribution in [0.25, 0.3) is 10.2 Å². The summed E-state index contributed by atoms with van der Waals surface area (Å²) in [5.41, 5.74) is 0.653. The Morgan fingerprint density at radius 2 is 2.33 bits per heavy atom. The van der Waals surface area contributed by atoms with Crippen LogP contribution in [0.5, 0.6) is 0 Å². The number of aromatic nitrogens is 2. The molecule has 2 heterocycles. The maximum absolute atomic E-state index is 11.8. The molecule has 1 fully saturated rings. The van der Waals surface area contributed by atoms with Gasteiger partial charge >= 0.3 is 0 Å². The molecule has 1 aliphatic rings. The molecule has 2 aromatic rings. The number of thiophene rings is 1. The van der Waals surface area contributed by atoms with Crippen molar-refractivity contribution < 1.29 is 4.79 Å². The monoisotopic (exact) mass is 306 g/mol. The number of fused-ring (bicyclic) bond motifs is 1. The fourth-order valence-electron chi connectivity index (χ4n) is 2.11. The van der Waals surface area contributed by atoms with Gasteiger partial charge in [-0.15, -0.1) is 11.3 Å². The van der Waals surface area contributed by atoms with Gasteiger partial charge in [-0.1, -0.05) is 0 Å². The lowest BCUT2D eigenvalue weighted by Gasteiger charge is -2.05. The number of aromatic amines is 1. The van der Waals surface area contributed by atoms with E-state index in [4.69, 9.17) is 0 Å². The molecule has 0 aromatic carbocycles. The minimum atomic E-state index is -0.0874. The summed E-state index contributed by atoms with van der Waals surface area (Å²) in [5.74, 6) is 0.763. The van der Waals surface area contributed by atoms with E-state index < -0.39 is 0 Å². The van der Waals surface area contributed by atoms with Crippen molar-refractivity contribution in [2.75, 3.05) is 6.54 Å². The largest absolute Gasteiger partial charge is 0.353 e. The maximum Gasteiger partial charge on any atom is 0.268 e. The van der Waals surface area contributed by atoms with Crippen LogP contribution in [-0.4, -0.2) is 28.5 Å². The quantitative estimate of drug-likeness (QED) is 0.669. The zero-order valence-electron chi connectivity index (χ0n) is 11.6. The smallest absolute Gasteiger partial charge is 0.268 e. The number of amides is 1. The molecular formula is C14H18N4O2S. The van der Waals surface area contributed by atoms with Gasteiger partial charge in [-0.3, -0.25) is 9.59 Å². The van der Waals surface area contributed by atoms with Gasteiger partial charge in [0.05, 0.1) is 12.1 Å². The molecule has 0 spiro atoms. The van der Waals surface area contributed by atoms with Crippen LogP contribution in [0, 0.1) is 0 Å². The Balaban J connectivity index is 1.41. The van der Waals surface area contributed by atoms with Crippen molar-refractivity contribution in [2.24, 2.45) is 0 Å². The number of H-pyrrole nitrogens is 1. The molecule has 3 rings (SSSR count). The number of carbonyl (C=O) groups is 1. The lowest BCUT2D eigenvalue weighted by atomic mass is 10.3. The summed E-state index contributed by atoms with van der Waals surface area (Å²) in [5, 5.41) is 8.03. The normalized spacial score (nSPS) is 14.5. The zero-order valence-corrected chi connectivity index (χ0v) is 12.5. The van der Waals surface area contributed by atoms with Gasteiger partial charge in [-0.2, -0.15) is 0 Å². The second kappa shape index (κ2) is 6.36. The molecule has 0 bridgehead atoms. The Morgan fingerprint density at radius 3 is 3.14 bits per heavy atom. The number of hydrogen-bond donors (Lipinski definition) is 3. The van der Waals surface area contributed by atoms with Crippen molar-refractivity contribution >= 4 is 27.5 Å². The van der Waals surface area contributed by atoms with Crippen molar-refractivity contribution in [1.29, 1.82) is 0 Å². The van der Waals surface area contributed by atoms with Gasteiger partial charge in [0.1, 0.15) is 10.5 Å². The topological polar surface area (TPSA) is 86.9 Å². The highest BCUT2D eigenvalue weighted by Crippen LogP contribution is 2.18. The van der Waals surface area contributed by atoms with Gasteiger partial charge in [0.2, 0.25) is 5.91 Å². The molecule has 0 aliphatic heterocycles. The van der Waals surface area contributed by atoms with Crippen LogP contribution in [0.1, 0.15) is 31.5 Å². The summed E-state index contributed by atoms with van der Waals surface area (Å²) < 4.78 is 0.662. The number of nitrogens with one attached hydrogen (secondary N) is 3. The predicted octanol–water partition coefficient (Wildman–Crippen LogP) is 1.13. The minimum absolute atomic E-state index is 0.0874. The first-order valence-corrected chi connectivity index (χ1v) is 8.07. The third-order valence-corrected chi connectivity index (χ3v) is 4.26. The first-order chi connectivity index (χ1) is 10.2. The van der Waals surface area contributed by atoms with Gasteiger partial charge in [-0.05, 0) is 37.3 Å². The first-order valence-electron chi connectivity index (χ1n) is 7.19. The van der Waals surface area contributed by atoms with Crippen molar-refractivity contribution in [3.63, 3.8) is 0 Å². The predicted molar refractivity (Wildman–Crippen MR) is 82.3 cm³/mol. The second-order valence-corrected chi connectivity index (χ2v) is 6.19. The summed E-state index contributed by atoms with van der Waals surface area (Å²) in [6, 6.07) is 2.28. The highest BCUT2D eigenvalue weighted by molar-refractivity contribution is 7.17. The Hall–Kier alpha value is -1.73. The molecule has 2 aromatic heterocycles. The van der Waals surface area contributed by atoms with E-state index in [1.54, 1.807) is 0 Å². The third kappa shape index (κ3) is 3.89. The van der Waals surface area contributed by atoms with Crippen LogP contribution in [0.15, 0.2) is 16.2 Å². The van der Waals surface area contributed by atoms with E-state index in [2.05, 4.69) is 20.6 Å². The molecule has 0 radical (unpaired) electrons. The summed E-state index contributed by atoms with van der Waals surface area (Å²) in [4.78, 5) is 30.4. The van der Waals surface area contributed by atoms with Crippen LogP contribution < -0.4 is 16.2 Å². The van der Waals surface area contributed by atoms with E-state index in [-0.39, 0.29) is 11.5 Å². The highest BCUT2D eigenvalue weighted by atomic mass is 32.1. The van der Waals surface area contributed by atoms with Gasteiger partial charge < -0.3 is 15.6 Å². The van der Waals surface area contributed by atoms with Gasteiger partial charge in [0.15, 0.2) is 0 Å². The summed E-state index contributed by atoms with van der Waals surface area (Å²) in [7, 11) is 0. The number of hydrogen-bond acceptors (Lipinski definition) is 5. The Labute approximate surface area is 126 Å². The highest BCUT2D eigenvalue weighted by Gasteiger charge is 2.22. The maximum atomic E-state index is 11.8. The fourth-order valence-corrected chi connectivity index (χ4v) is 2.84. The Morgan fingerprint density at radius 1 is 1.48 bits per heavy atom. The van der Waals surface area contributed by atoms with E-state index in [1.165, 1.54) is 11.3 Å². The molecule has 112 valence electrons. The molecule has 1 aliphatic carbocycles. The van der Waals surface area contributed by atoms with Crippen LogP contribution in [0.2, 0.25) is 0 Å². The fraction of sp³-hybridized carbons (Fsp3) is 0.500. The van der Waals surface area contributed by atoms with Crippen molar-refractivity contribution in [3.8, 4) is 0 Å². The Bertz CT molecular complexity index is 690. The Kier molecular flexibility index (Phi) is 4.31. The molecule has 7 heteroatoms. The number of carbonyl (C=O) groups excluding carboxylic acids is 1. The molecule has 3 N–H and O–H groups in total. The van der Waals surface area contributed by atoms with Gasteiger partial charge in [0, 0.05) is 12.5 Å². The van der Waals surface area contributed by atoms with Crippen LogP contribution in [0.4, 0.5) is 0 Å². The molecule has 6 nitrogen and oxygen atoms in total. The first kappa shape index (κ1) is 14.2. The third-order valence-electron chi connectivity index (χ3n) is 3.36. The number of nitrogens with zero attached hydrogens (tertiary/aromatic N) is 1. The molecule has 21 heavy (non-hydrogen) atoms. The molecule has 1 amide bonds. The van der Waals surface area contributed by atoms with Crippen molar-refractivity contribution in [3.05, 3.63) is 27.6 Å². The van der Waals surface area contributed by atoms with E-state index in [0.29, 0.717) is 29.5 Å². The van der Waals surface area contributed by atoms with Crippen LogP contribution in [0.3, 0.4) is 0 Å². The molecule has 1 saturated carbocycles. The second-order valence-electron chi connectivity index (χ2n) is 5.27. The molecule has 0 saturated heterocycles. The van der Waals surface area contributed by atoms with E-state index >= 15 is 0 Å². The molecular weight excluding hydrogens is 288 g/mol. The standard InChI is InChI=1S/C14H18N4O2S/c19-12(16-9-3-4-9)2-1-6-15-8-11-17-10-5-7-21-13(10)14(20)18-11/h5,7,9,15H,1-4,6,8H2,(H,16,19)(H,17,18,20). The minimum Gasteiger partial charge on any atom is -0.353 e. The lowest BCUT2D eigenvalue weighted by molar-refractivity contribution is -0.121. The SMILES string of the molecule is O=C(CCCNCc1nc2ccsc2c(=O)[nH]1)NC1CC1. The van der Waals surface area contributed by atoms with Gasteiger partial charge in [-0.25, -0.2) is 4.98 Å². The van der Waals surface area contributed by atoms with Crippen LogP contribution in [-0.2, 0) is 11.3 Å². The van der Waals surface area contributed by atoms with Crippen LogP contribution >= 0.6 is 11.3 Å². The van der Waals surface area contributed by atoms with Crippen molar-refractivity contribution in [2.45, 2.75) is 38.3 Å². The summed E-state index contributed by atoms with van der Waals surface area (Å²) >= 11 is 1.40. The molecule has 0 unspecified atom stereocenters. The van der Waals surface area contributed by atoms with Gasteiger partial charge in [0.25, 0.3) is 5.56 Å². The summed E-state index contributed by atoms with van der Waals surface area (Å²) in [6.45, 7) is 1.23. The van der Waals surface area contributed by atoms with E-state index in [0.717, 1.165) is 31.3 Å².